The number of nitrogen functional groups attached to an aromatic ring is 1. The quantitative estimate of drug-likeness (QED) is 0.0606. The molecule has 0 saturated carbocycles. The first-order chi connectivity index (χ1) is 19.8. The lowest BCUT2D eigenvalue weighted by molar-refractivity contribution is -0.841. The van der Waals surface area contributed by atoms with Gasteiger partial charge >= 0.3 is 11.9 Å². The number of thioether (sulfide) groups is 2. The number of aliphatic carboxylic acids is 1. The van der Waals surface area contributed by atoms with Crippen LogP contribution in [0.3, 0.4) is 0 Å². The molecule has 19 heteroatoms. The third-order valence-electron chi connectivity index (χ3n) is 6.69. The summed E-state index contributed by atoms with van der Waals surface area (Å²) in [6.45, 7) is 0.930. The van der Waals surface area contributed by atoms with Crippen molar-refractivity contribution >= 4 is 63.7 Å². The van der Waals surface area contributed by atoms with Crippen molar-refractivity contribution in [3.05, 3.63) is 29.7 Å². The average Bonchev–Trinajstić information content (AvgIpc) is 3.62. The van der Waals surface area contributed by atoms with Crippen molar-refractivity contribution in [2.24, 2.45) is 10.9 Å². The number of hydrogen-bond donors (Lipinski definition) is 4. The topological polar surface area (TPSA) is 226 Å². The van der Waals surface area contributed by atoms with E-state index in [1.165, 1.54) is 17.8 Å². The molecule has 4 heterocycles. The molecule has 6 N–H and O–H groups in total. The number of tetrazole rings is 1. The normalized spacial score (nSPS) is 25.7. The second kappa shape index (κ2) is 12.6. The van der Waals surface area contributed by atoms with E-state index < -0.39 is 33.7 Å². The SMILES string of the molecule is NCCCn1nnnc1SC[N+]12C(=O)C(NC(=O)C(=NOC3C=CCCC3)c3nsc(N)n3)[C@@H]1SCC=C2C(=O)O. The number of carboxylic acids is 1. The fourth-order valence-electron chi connectivity index (χ4n) is 4.69. The molecule has 3 unspecified atom stereocenters. The number of nitrogens with zero attached hydrogens (tertiary/aromatic N) is 8. The van der Waals surface area contributed by atoms with Gasteiger partial charge in [-0.1, -0.05) is 23.0 Å². The summed E-state index contributed by atoms with van der Waals surface area (Å²) in [6.07, 6.45) is 8.31. The number of aryl methyl sites for hydroxylation is 1. The number of carbonyl (C=O) groups is 3. The van der Waals surface area contributed by atoms with Gasteiger partial charge in [-0.05, 0) is 66.6 Å². The molecule has 0 spiro atoms. The van der Waals surface area contributed by atoms with Crippen molar-refractivity contribution in [1.82, 2.24) is 34.9 Å². The van der Waals surface area contributed by atoms with Gasteiger partial charge in [-0.25, -0.2) is 14.3 Å². The van der Waals surface area contributed by atoms with E-state index >= 15 is 0 Å². The fourth-order valence-corrected chi connectivity index (χ4v) is 7.71. The van der Waals surface area contributed by atoms with Gasteiger partial charge in [0.15, 0.2) is 10.5 Å². The van der Waals surface area contributed by atoms with Crippen molar-refractivity contribution in [1.29, 1.82) is 0 Å². The Morgan fingerprint density at radius 1 is 1.39 bits per heavy atom. The van der Waals surface area contributed by atoms with Gasteiger partial charge in [-0.2, -0.15) is 13.8 Å². The third kappa shape index (κ3) is 5.85. The van der Waals surface area contributed by atoms with E-state index in [2.05, 4.69) is 35.4 Å². The van der Waals surface area contributed by atoms with Gasteiger partial charge in [0, 0.05) is 23.8 Å². The predicted octanol–water partition coefficient (Wildman–Crippen LogP) is -0.0820. The maximum absolute atomic E-state index is 13.8. The molecule has 1 saturated heterocycles. The molecular formula is C22H28N11O5S3+. The first-order valence-corrected chi connectivity index (χ1v) is 15.5. The number of oxime groups is 1. The number of aromatic nitrogens is 6. The van der Waals surface area contributed by atoms with E-state index in [0.29, 0.717) is 30.4 Å². The van der Waals surface area contributed by atoms with Crippen LogP contribution in [0.15, 0.2) is 34.2 Å². The Kier molecular flexibility index (Phi) is 8.97. The first-order valence-electron chi connectivity index (χ1n) is 12.7. The Balaban J connectivity index is 1.37. The van der Waals surface area contributed by atoms with Crippen LogP contribution in [0.25, 0.3) is 0 Å². The van der Waals surface area contributed by atoms with Crippen LogP contribution >= 0.6 is 35.1 Å². The highest BCUT2D eigenvalue weighted by Gasteiger charge is 2.69. The minimum atomic E-state index is -1.21. The second-order valence-corrected chi connectivity index (χ2v) is 12.1. The van der Waals surface area contributed by atoms with Gasteiger partial charge in [-0.15, -0.1) is 5.10 Å². The number of nitrogens with one attached hydrogen (secondary N) is 1. The molecule has 41 heavy (non-hydrogen) atoms. The van der Waals surface area contributed by atoms with Gasteiger partial charge in [0.25, 0.3) is 5.91 Å². The number of rotatable bonds is 12. The van der Waals surface area contributed by atoms with Crippen LogP contribution < -0.4 is 16.8 Å². The molecule has 3 aliphatic rings. The molecule has 2 aliphatic heterocycles. The molecular weight excluding hydrogens is 595 g/mol. The number of amides is 2. The van der Waals surface area contributed by atoms with Crippen LogP contribution in [0.2, 0.25) is 0 Å². The van der Waals surface area contributed by atoms with Gasteiger partial charge in [-0.3, -0.25) is 4.79 Å². The van der Waals surface area contributed by atoms with Crippen LogP contribution in [-0.4, -0.2) is 98.3 Å². The molecule has 2 aromatic rings. The Bertz CT molecular complexity index is 1410. The molecule has 16 nitrogen and oxygen atoms in total. The summed E-state index contributed by atoms with van der Waals surface area (Å²) in [7, 11) is 0. The molecule has 0 aromatic carbocycles. The molecule has 0 bridgehead atoms. The third-order valence-corrected chi connectivity index (χ3v) is 9.65. The minimum absolute atomic E-state index is 0.0201. The van der Waals surface area contributed by atoms with Crippen molar-refractivity contribution in [2.45, 2.75) is 54.9 Å². The molecule has 5 rings (SSSR count). The number of carbonyl (C=O) groups excluding carboxylic acids is 2. The van der Waals surface area contributed by atoms with E-state index in [1.54, 1.807) is 4.68 Å². The second-order valence-electron chi connectivity index (χ2n) is 9.28. The van der Waals surface area contributed by atoms with Crippen molar-refractivity contribution in [3.8, 4) is 0 Å². The highest BCUT2D eigenvalue weighted by molar-refractivity contribution is 8.00. The average molecular weight is 623 g/mol. The van der Waals surface area contributed by atoms with E-state index in [0.717, 1.165) is 42.6 Å². The summed E-state index contributed by atoms with van der Waals surface area (Å²) in [5, 5.41) is 28.4. The van der Waals surface area contributed by atoms with Crippen molar-refractivity contribution in [3.63, 3.8) is 0 Å². The van der Waals surface area contributed by atoms with E-state index in [1.807, 2.05) is 12.2 Å². The standard InChI is InChI=1S/C22H27N11O5S3/c23-8-4-9-32-22(27-30-31-32)40-11-33-13(20(36)37)7-10-39-19(33)15(18(33)35)25-17(34)14(16-26-21(24)41-29-16)28-38-12-5-2-1-3-6-12/h2,5,7,12,15,19H,1,3-4,6,8-11,23H2,(H3-,24,25,26,29,34,36,37)/p+1/t12?,15?,19-,33?/m0/s1. The molecule has 2 amide bonds. The largest absolute Gasteiger partial charge is 0.474 e. The summed E-state index contributed by atoms with van der Waals surface area (Å²) < 4.78 is 5.16. The summed E-state index contributed by atoms with van der Waals surface area (Å²) in [6, 6.07) is -1.000. The number of allylic oxidation sites excluding steroid dienone is 1. The number of nitrogens with two attached hydrogens (primary N) is 2. The maximum atomic E-state index is 13.8. The Morgan fingerprint density at radius 2 is 2.24 bits per heavy atom. The zero-order valence-electron chi connectivity index (χ0n) is 21.7. The van der Waals surface area contributed by atoms with Gasteiger partial charge < -0.3 is 26.7 Å². The lowest BCUT2D eigenvalue weighted by Crippen LogP contribution is -2.81. The minimum Gasteiger partial charge on any atom is -0.474 e. The number of anilines is 1. The molecule has 218 valence electrons. The van der Waals surface area contributed by atoms with E-state index in [4.69, 9.17) is 16.3 Å². The number of fused-ring (bicyclic) bond motifs is 1. The number of carboxylic acid groups (broad SMARTS) is 1. The van der Waals surface area contributed by atoms with Crippen molar-refractivity contribution in [2.75, 3.05) is 23.9 Å². The molecule has 4 atom stereocenters. The molecule has 1 aliphatic carbocycles. The summed E-state index contributed by atoms with van der Waals surface area (Å²) in [5.41, 5.74) is 11.0. The molecule has 1 fully saturated rings. The van der Waals surface area contributed by atoms with E-state index in [-0.39, 0.29) is 34.3 Å². The summed E-state index contributed by atoms with van der Waals surface area (Å²) >= 11 is 3.43. The monoisotopic (exact) mass is 622 g/mol. The van der Waals surface area contributed by atoms with Crippen LogP contribution in [-0.2, 0) is 25.8 Å². The lowest BCUT2D eigenvalue weighted by Gasteiger charge is -2.53. The zero-order valence-corrected chi connectivity index (χ0v) is 24.1. The van der Waals surface area contributed by atoms with Gasteiger partial charge in [0.2, 0.25) is 28.4 Å². The molecule has 0 radical (unpaired) electrons. The fraction of sp³-hybridized carbons (Fsp3) is 0.500. The lowest BCUT2D eigenvalue weighted by atomic mass is 10.00. The van der Waals surface area contributed by atoms with Gasteiger partial charge in [0.1, 0.15) is 12.0 Å². The maximum Gasteiger partial charge on any atom is 0.390 e. The van der Waals surface area contributed by atoms with Crippen LogP contribution in [0.1, 0.15) is 31.5 Å². The van der Waals surface area contributed by atoms with Crippen LogP contribution in [0, 0.1) is 0 Å². The number of quaternary nitrogens is 1. The zero-order chi connectivity index (χ0) is 29.0. The predicted molar refractivity (Wildman–Crippen MR) is 150 cm³/mol. The highest BCUT2D eigenvalue weighted by atomic mass is 32.2. The number of hydrogen-bond acceptors (Lipinski definition) is 15. The van der Waals surface area contributed by atoms with E-state index in [9.17, 15) is 19.5 Å². The van der Waals surface area contributed by atoms with Crippen LogP contribution in [0.5, 0.6) is 0 Å². The van der Waals surface area contributed by atoms with Crippen molar-refractivity contribution < 1.29 is 28.8 Å². The number of β-lactam (4-membered cyclic amide) rings is 1. The van der Waals surface area contributed by atoms with Gasteiger partial charge in [0.05, 0.1) is 0 Å². The Labute approximate surface area is 246 Å². The first kappa shape index (κ1) is 29.1. The molecule has 2 aromatic heterocycles. The summed E-state index contributed by atoms with van der Waals surface area (Å²) in [4.78, 5) is 49.1. The Morgan fingerprint density at radius 3 is 2.95 bits per heavy atom. The summed E-state index contributed by atoms with van der Waals surface area (Å²) in [5.74, 6) is -2.09. The highest BCUT2D eigenvalue weighted by Crippen LogP contribution is 2.47. The smallest absolute Gasteiger partial charge is 0.390 e. The van der Waals surface area contributed by atoms with Crippen LogP contribution in [0.4, 0.5) is 5.13 Å². The Hall–Kier alpha value is -3.39.